The lowest BCUT2D eigenvalue weighted by Crippen LogP contribution is -2.32. The highest BCUT2D eigenvalue weighted by molar-refractivity contribution is 9.10. The number of ether oxygens (including phenoxy) is 1. The minimum atomic E-state index is -0.977. The van der Waals surface area contributed by atoms with Crippen molar-refractivity contribution in [3.8, 4) is 0 Å². The molecule has 0 aromatic heterocycles. The van der Waals surface area contributed by atoms with Gasteiger partial charge in [0.05, 0.1) is 19.8 Å². The average Bonchev–Trinajstić information content (AvgIpc) is 2.52. The van der Waals surface area contributed by atoms with E-state index in [9.17, 15) is 9.90 Å². The second kappa shape index (κ2) is 8.13. The van der Waals surface area contributed by atoms with Gasteiger partial charge in [0.25, 0.3) is 0 Å². The van der Waals surface area contributed by atoms with Gasteiger partial charge in [0.15, 0.2) is 0 Å². The molecule has 0 saturated carbocycles. The second-order valence-electron chi connectivity index (χ2n) is 5.37. The Morgan fingerprint density at radius 2 is 1.78 bits per heavy atom. The Labute approximate surface area is 144 Å². The molecule has 1 amide bonds. The van der Waals surface area contributed by atoms with Crippen LogP contribution >= 0.6 is 15.9 Å². The summed E-state index contributed by atoms with van der Waals surface area (Å²) < 4.78 is 6.60. The van der Waals surface area contributed by atoms with Gasteiger partial charge >= 0.3 is 6.09 Å². The minimum Gasteiger partial charge on any atom is -0.465 e. The standard InChI is InChI=1S/C18H20BrNO3/c1-13-10-16(11-14(2)17(13)19)20(18(21)22)8-9-23-12-15-6-4-3-5-7-15/h3-7,10-11H,8-9,12H2,1-2H3,(H,21,22). The van der Waals surface area contributed by atoms with Gasteiger partial charge in [-0.2, -0.15) is 0 Å². The van der Waals surface area contributed by atoms with Crippen molar-refractivity contribution < 1.29 is 14.6 Å². The van der Waals surface area contributed by atoms with Crippen LogP contribution in [-0.4, -0.2) is 24.4 Å². The molecule has 2 rings (SSSR count). The van der Waals surface area contributed by atoms with E-state index in [0.717, 1.165) is 21.2 Å². The Balaban J connectivity index is 1.98. The van der Waals surface area contributed by atoms with Gasteiger partial charge in [-0.15, -0.1) is 0 Å². The number of anilines is 1. The molecule has 0 aliphatic heterocycles. The van der Waals surface area contributed by atoms with Crippen LogP contribution < -0.4 is 4.90 Å². The fourth-order valence-corrected chi connectivity index (χ4v) is 2.56. The molecule has 2 aromatic carbocycles. The smallest absolute Gasteiger partial charge is 0.411 e. The maximum Gasteiger partial charge on any atom is 0.411 e. The number of hydrogen-bond donors (Lipinski definition) is 1. The number of carbonyl (C=O) groups is 1. The van der Waals surface area contributed by atoms with Gasteiger partial charge in [0.2, 0.25) is 0 Å². The van der Waals surface area contributed by atoms with Crippen LogP contribution in [0, 0.1) is 13.8 Å². The third kappa shape index (κ3) is 4.81. The van der Waals surface area contributed by atoms with Crippen LogP contribution in [0.3, 0.4) is 0 Å². The minimum absolute atomic E-state index is 0.294. The summed E-state index contributed by atoms with van der Waals surface area (Å²) in [6, 6.07) is 13.6. The van der Waals surface area contributed by atoms with Crippen molar-refractivity contribution in [1.82, 2.24) is 0 Å². The highest BCUT2D eigenvalue weighted by Crippen LogP contribution is 2.27. The fourth-order valence-electron chi connectivity index (χ4n) is 2.33. The number of benzene rings is 2. The predicted molar refractivity (Wildman–Crippen MR) is 95.1 cm³/mol. The van der Waals surface area contributed by atoms with Crippen molar-refractivity contribution in [3.05, 3.63) is 63.6 Å². The first-order chi connectivity index (χ1) is 11.0. The summed E-state index contributed by atoms with van der Waals surface area (Å²) >= 11 is 3.50. The number of rotatable bonds is 6. The molecular weight excluding hydrogens is 358 g/mol. The van der Waals surface area contributed by atoms with Gasteiger partial charge in [-0.3, -0.25) is 4.90 Å². The van der Waals surface area contributed by atoms with Crippen molar-refractivity contribution in [2.45, 2.75) is 20.5 Å². The normalized spacial score (nSPS) is 10.6. The number of hydrogen-bond acceptors (Lipinski definition) is 2. The maximum atomic E-state index is 11.5. The van der Waals surface area contributed by atoms with Gasteiger partial charge in [-0.05, 0) is 42.7 Å². The van der Waals surface area contributed by atoms with Crippen molar-refractivity contribution in [1.29, 1.82) is 0 Å². The summed E-state index contributed by atoms with van der Waals surface area (Å²) in [6.45, 7) is 5.02. The predicted octanol–water partition coefficient (Wildman–Crippen LogP) is 4.77. The largest absolute Gasteiger partial charge is 0.465 e. The molecule has 0 radical (unpaired) electrons. The molecule has 0 aliphatic carbocycles. The van der Waals surface area contributed by atoms with Gasteiger partial charge in [-0.1, -0.05) is 46.3 Å². The van der Waals surface area contributed by atoms with E-state index in [0.29, 0.717) is 25.4 Å². The van der Waals surface area contributed by atoms with Crippen LogP contribution in [0.4, 0.5) is 10.5 Å². The molecule has 4 nitrogen and oxygen atoms in total. The molecule has 5 heteroatoms. The van der Waals surface area contributed by atoms with Crippen LogP contribution in [0.25, 0.3) is 0 Å². The van der Waals surface area contributed by atoms with E-state index in [-0.39, 0.29) is 0 Å². The zero-order valence-corrected chi connectivity index (χ0v) is 14.8. The molecule has 0 atom stereocenters. The lowest BCUT2D eigenvalue weighted by molar-refractivity contribution is 0.125. The second-order valence-corrected chi connectivity index (χ2v) is 6.16. The van der Waals surface area contributed by atoms with Crippen molar-refractivity contribution in [2.24, 2.45) is 0 Å². The van der Waals surface area contributed by atoms with E-state index in [1.54, 1.807) is 0 Å². The Hall–Kier alpha value is -1.85. The first kappa shape index (κ1) is 17.5. The third-order valence-corrected chi connectivity index (χ3v) is 4.79. The molecule has 0 heterocycles. The number of halogens is 1. The summed E-state index contributed by atoms with van der Waals surface area (Å²) in [5.74, 6) is 0. The molecular formula is C18H20BrNO3. The highest BCUT2D eigenvalue weighted by Gasteiger charge is 2.16. The van der Waals surface area contributed by atoms with Crippen LogP contribution in [0.15, 0.2) is 46.9 Å². The molecule has 23 heavy (non-hydrogen) atoms. The van der Waals surface area contributed by atoms with E-state index < -0.39 is 6.09 Å². The van der Waals surface area contributed by atoms with Gasteiger partial charge < -0.3 is 9.84 Å². The van der Waals surface area contributed by atoms with E-state index >= 15 is 0 Å². The monoisotopic (exact) mass is 377 g/mol. The molecule has 0 fully saturated rings. The van der Waals surface area contributed by atoms with Crippen LogP contribution in [0.1, 0.15) is 16.7 Å². The lowest BCUT2D eigenvalue weighted by atomic mass is 10.1. The van der Waals surface area contributed by atoms with Gasteiger partial charge in [-0.25, -0.2) is 4.79 Å². The first-order valence-corrected chi connectivity index (χ1v) is 8.17. The Morgan fingerprint density at radius 3 is 2.35 bits per heavy atom. The van der Waals surface area contributed by atoms with Crippen LogP contribution in [0.5, 0.6) is 0 Å². The molecule has 1 N–H and O–H groups in total. The number of nitrogens with zero attached hydrogens (tertiary/aromatic N) is 1. The third-order valence-electron chi connectivity index (χ3n) is 3.53. The van der Waals surface area contributed by atoms with E-state index in [2.05, 4.69) is 15.9 Å². The van der Waals surface area contributed by atoms with Crippen LogP contribution in [-0.2, 0) is 11.3 Å². The van der Waals surface area contributed by atoms with E-state index in [4.69, 9.17) is 4.74 Å². The average molecular weight is 378 g/mol. The number of amides is 1. The van der Waals surface area contributed by atoms with Crippen molar-refractivity contribution in [3.63, 3.8) is 0 Å². The topological polar surface area (TPSA) is 49.8 Å². The number of aryl methyl sites for hydroxylation is 2. The summed E-state index contributed by atoms with van der Waals surface area (Å²) in [4.78, 5) is 12.8. The molecule has 0 aliphatic rings. The fraction of sp³-hybridized carbons (Fsp3) is 0.278. The van der Waals surface area contributed by atoms with Crippen LogP contribution in [0.2, 0.25) is 0 Å². The maximum absolute atomic E-state index is 11.5. The summed E-state index contributed by atoms with van der Waals surface area (Å²) in [6.07, 6.45) is -0.977. The molecule has 0 bridgehead atoms. The molecule has 122 valence electrons. The zero-order valence-electron chi connectivity index (χ0n) is 13.3. The van der Waals surface area contributed by atoms with Gasteiger partial charge in [0.1, 0.15) is 0 Å². The SMILES string of the molecule is Cc1cc(N(CCOCc2ccccc2)C(=O)O)cc(C)c1Br. The van der Waals surface area contributed by atoms with E-state index in [1.165, 1.54) is 4.90 Å². The quantitative estimate of drug-likeness (QED) is 0.737. The molecule has 0 saturated heterocycles. The highest BCUT2D eigenvalue weighted by atomic mass is 79.9. The van der Waals surface area contributed by atoms with Crippen molar-refractivity contribution >= 4 is 27.7 Å². The summed E-state index contributed by atoms with van der Waals surface area (Å²) in [5, 5.41) is 9.45. The Bertz CT molecular complexity index is 650. The van der Waals surface area contributed by atoms with Crippen molar-refractivity contribution in [2.75, 3.05) is 18.1 Å². The molecule has 0 spiro atoms. The van der Waals surface area contributed by atoms with E-state index in [1.807, 2.05) is 56.3 Å². The molecule has 2 aromatic rings. The zero-order chi connectivity index (χ0) is 16.8. The Morgan fingerprint density at radius 1 is 1.17 bits per heavy atom. The molecule has 0 unspecified atom stereocenters. The lowest BCUT2D eigenvalue weighted by Gasteiger charge is -2.21. The first-order valence-electron chi connectivity index (χ1n) is 7.38. The summed E-state index contributed by atoms with van der Waals surface area (Å²) in [7, 11) is 0. The summed E-state index contributed by atoms with van der Waals surface area (Å²) in [5.41, 5.74) is 3.76. The van der Waals surface area contributed by atoms with Gasteiger partial charge in [0, 0.05) is 10.2 Å². The Kier molecular flexibility index (Phi) is 6.19. The number of carboxylic acid groups (broad SMARTS) is 1.